The third-order valence-corrected chi connectivity index (χ3v) is 2.17. The molecule has 0 saturated carbocycles. The quantitative estimate of drug-likeness (QED) is 0.636. The van der Waals surface area contributed by atoms with Gasteiger partial charge in [0.05, 0.1) is 0 Å². The first kappa shape index (κ1) is 11.6. The van der Waals surface area contributed by atoms with Crippen LogP contribution in [0.15, 0.2) is 53.1 Å². The summed E-state index contributed by atoms with van der Waals surface area (Å²) in [7, 11) is 0. The molecule has 0 bridgehead atoms. The fraction of sp³-hybridized carbons (Fsp3) is 0.357. The van der Waals surface area contributed by atoms with E-state index in [9.17, 15) is 0 Å². The van der Waals surface area contributed by atoms with E-state index in [0.29, 0.717) is 0 Å². The Bertz CT molecular complexity index is 370. The molecule has 0 aromatic heterocycles. The lowest BCUT2D eigenvalue weighted by molar-refractivity contribution is 0.770. The summed E-state index contributed by atoms with van der Waals surface area (Å²) in [6, 6.07) is 0. The van der Waals surface area contributed by atoms with E-state index in [-0.39, 0.29) is 0 Å². The molecule has 0 aromatic rings. The molecular formula is C14H19N. The highest BCUT2D eigenvalue weighted by atomic mass is 14.9. The average Bonchev–Trinajstić information content (AvgIpc) is 2.18. The zero-order valence-corrected chi connectivity index (χ0v) is 9.85. The molecular weight excluding hydrogens is 182 g/mol. The van der Waals surface area contributed by atoms with Crippen LogP contribution in [0.4, 0.5) is 0 Å². The van der Waals surface area contributed by atoms with Crippen LogP contribution in [0.2, 0.25) is 0 Å². The molecule has 1 aliphatic heterocycles. The molecule has 0 aromatic carbocycles. The molecule has 0 aliphatic carbocycles. The second-order valence-corrected chi connectivity index (χ2v) is 3.94. The van der Waals surface area contributed by atoms with Gasteiger partial charge in [-0.2, -0.15) is 0 Å². The molecule has 1 heterocycles. The molecule has 1 heteroatoms. The van der Waals surface area contributed by atoms with Crippen LogP contribution in [0.1, 0.15) is 33.6 Å². The highest BCUT2D eigenvalue weighted by Gasteiger charge is 2.12. The van der Waals surface area contributed by atoms with Gasteiger partial charge in [0, 0.05) is 17.0 Å². The van der Waals surface area contributed by atoms with E-state index in [1.807, 2.05) is 19.1 Å². The van der Waals surface area contributed by atoms with Gasteiger partial charge >= 0.3 is 0 Å². The Morgan fingerprint density at radius 1 is 1.40 bits per heavy atom. The maximum atomic E-state index is 3.96. The van der Waals surface area contributed by atoms with Crippen molar-refractivity contribution in [1.29, 1.82) is 0 Å². The van der Waals surface area contributed by atoms with Crippen molar-refractivity contribution < 1.29 is 0 Å². The molecule has 1 saturated heterocycles. The number of piperidine rings is 1. The summed E-state index contributed by atoms with van der Waals surface area (Å²) in [6.07, 6.45) is 8.17. The van der Waals surface area contributed by atoms with E-state index >= 15 is 0 Å². The Kier molecular flexibility index (Phi) is 4.20. The zero-order valence-electron chi connectivity index (χ0n) is 9.85. The van der Waals surface area contributed by atoms with E-state index in [4.69, 9.17) is 0 Å². The van der Waals surface area contributed by atoms with Crippen molar-refractivity contribution >= 4 is 0 Å². The van der Waals surface area contributed by atoms with E-state index < -0.39 is 0 Å². The number of nitrogens with one attached hydrogen (secondary N) is 1. The first-order chi connectivity index (χ1) is 7.13. The maximum Gasteiger partial charge on any atom is 0.0492 e. The molecule has 1 fully saturated rings. The number of rotatable bonds is 1. The van der Waals surface area contributed by atoms with Gasteiger partial charge in [-0.1, -0.05) is 18.7 Å². The highest BCUT2D eigenvalue weighted by molar-refractivity contribution is 5.38. The fourth-order valence-electron chi connectivity index (χ4n) is 1.51. The Hall–Kier alpha value is -1.46. The molecule has 1 N–H and O–H groups in total. The summed E-state index contributed by atoms with van der Waals surface area (Å²) >= 11 is 0. The van der Waals surface area contributed by atoms with Crippen molar-refractivity contribution in [1.82, 2.24) is 5.32 Å². The summed E-state index contributed by atoms with van der Waals surface area (Å²) in [5.74, 6) is 0. The van der Waals surface area contributed by atoms with Crippen LogP contribution in [0.5, 0.6) is 0 Å². The smallest absolute Gasteiger partial charge is 0.0492 e. The minimum absolute atomic E-state index is 1.00. The number of hydrogen-bond donors (Lipinski definition) is 1. The van der Waals surface area contributed by atoms with Crippen molar-refractivity contribution in [3.05, 3.63) is 53.1 Å². The number of allylic oxidation sites excluding steroid dienone is 5. The lowest BCUT2D eigenvalue weighted by atomic mass is 10.00. The summed E-state index contributed by atoms with van der Waals surface area (Å²) in [5, 5.41) is 3.31. The molecule has 0 atom stereocenters. The largest absolute Gasteiger partial charge is 0.359 e. The third kappa shape index (κ3) is 3.65. The predicted molar refractivity (Wildman–Crippen MR) is 66.3 cm³/mol. The standard InChI is InChI=1S/C14H19N/c1-5-6-7-14-13(10-11(2)3)9-8-12(4)15-14/h5-7,15H,4,8-9H2,1-3H3/b6-5-,14-7+. The van der Waals surface area contributed by atoms with Crippen LogP contribution in [0.3, 0.4) is 0 Å². The van der Waals surface area contributed by atoms with E-state index in [1.54, 1.807) is 0 Å². The molecule has 0 radical (unpaired) electrons. The Labute approximate surface area is 92.6 Å². The predicted octanol–water partition coefficient (Wildman–Crippen LogP) is 3.84. The molecule has 1 nitrogen and oxygen atoms in total. The van der Waals surface area contributed by atoms with Crippen molar-refractivity contribution in [2.75, 3.05) is 0 Å². The van der Waals surface area contributed by atoms with Crippen LogP contribution in [-0.4, -0.2) is 0 Å². The van der Waals surface area contributed by atoms with Crippen molar-refractivity contribution in [2.45, 2.75) is 33.6 Å². The van der Waals surface area contributed by atoms with Crippen molar-refractivity contribution in [3.63, 3.8) is 0 Å². The average molecular weight is 201 g/mol. The van der Waals surface area contributed by atoms with Gasteiger partial charge in [0.15, 0.2) is 0 Å². The topological polar surface area (TPSA) is 12.0 Å². The second kappa shape index (κ2) is 5.43. The minimum Gasteiger partial charge on any atom is -0.359 e. The molecule has 0 unspecified atom stereocenters. The van der Waals surface area contributed by atoms with Gasteiger partial charge in [0.25, 0.3) is 0 Å². The molecule has 0 spiro atoms. The fourth-order valence-corrected chi connectivity index (χ4v) is 1.51. The van der Waals surface area contributed by atoms with Crippen molar-refractivity contribution in [3.8, 4) is 0 Å². The van der Waals surface area contributed by atoms with Crippen LogP contribution in [0, 0.1) is 0 Å². The lowest BCUT2D eigenvalue weighted by Crippen LogP contribution is -2.18. The van der Waals surface area contributed by atoms with E-state index in [0.717, 1.165) is 24.2 Å². The van der Waals surface area contributed by atoms with Crippen LogP contribution in [-0.2, 0) is 0 Å². The SMILES string of the molecule is C=C1CCC(=C=C(C)C)/C(=C\C=C/C)N1. The molecule has 1 aliphatic rings. The number of hydrogen-bond acceptors (Lipinski definition) is 1. The van der Waals surface area contributed by atoms with Gasteiger partial charge in [0.2, 0.25) is 0 Å². The summed E-state index contributed by atoms with van der Waals surface area (Å²) in [4.78, 5) is 0. The van der Waals surface area contributed by atoms with E-state index in [1.165, 1.54) is 11.1 Å². The lowest BCUT2D eigenvalue weighted by Gasteiger charge is -2.20. The van der Waals surface area contributed by atoms with Crippen LogP contribution in [0.25, 0.3) is 0 Å². The van der Waals surface area contributed by atoms with Gasteiger partial charge in [0.1, 0.15) is 0 Å². The highest BCUT2D eigenvalue weighted by Crippen LogP contribution is 2.22. The summed E-state index contributed by atoms with van der Waals surface area (Å²) in [5.41, 5.74) is 8.07. The first-order valence-corrected chi connectivity index (χ1v) is 5.34. The molecule has 15 heavy (non-hydrogen) atoms. The van der Waals surface area contributed by atoms with Crippen molar-refractivity contribution in [2.24, 2.45) is 0 Å². The minimum atomic E-state index is 1.00. The summed E-state index contributed by atoms with van der Waals surface area (Å²) in [6.45, 7) is 10.1. The van der Waals surface area contributed by atoms with Crippen LogP contribution < -0.4 is 5.32 Å². The third-order valence-electron chi connectivity index (χ3n) is 2.17. The normalized spacial score (nSPS) is 19.3. The maximum absolute atomic E-state index is 3.96. The Morgan fingerprint density at radius 2 is 2.13 bits per heavy atom. The molecule has 80 valence electrons. The molecule has 0 amide bonds. The van der Waals surface area contributed by atoms with Gasteiger partial charge in [-0.3, -0.25) is 0 Å². The molecule has 1 rings (SSSR count). The van der Waals surface area contributed by atoms with E-state index in [2.05, 4.69) is 37.6 Å². The van der Waals surface area contributed by atoms with Gasteiger partial charge in [-0.05, 0) is 45.3 Å². The Balaban J connectivity index is 3.05. The zero-order chi connectivity index (χ0) is 11.3. The monoisotopic (exact) mass is 201 g/mol. The second-order valence-electron chi connectivity index (χ2n) is 3.94. The Morgan fingerprint density at radius 3 is 2.73 bits per heavy atom. The van der Waals surface area contributed by atoms with Gasteiger partial charge in [-0.25, -0.2) is 0 Å². The first-order valence-electron chi connectivity index (χ1n) is 5.34. The van der Waals surface area contributed by atoms with Gasteiger partial charge < -0.3 is 5.32 Å². The van der Waals surface area contributed by atoms with Crippen LogP contribution >= 0.6 is 0 Å². The van der Waals surface area contributed by atoms with Gasteiger partial charge in [-0.15, -0.1) is 5.73 Å². The summed E-state index contributed by atoms with van der Waals surface area (Å²) < 4.78 is 0.